The Morgan fingerprint density at radius 1 is 1.29 bits per heavy atom. The van der Waals surface area contributed by atoms with Crippen molar-refractivity contribution >= 4 is 22.9 Å². The summed E-state index contributed by atoms with van der Waals surface area (Å²) in [5.74, 6) is 1.21. The van der Waals surface area contributed by atoms with Crippen LogP contribution < -0.4 is 20.1 Å². The van der Waals surface area contributed by atoms with Crippen LogP contribution in [-0.4, -0.2) is 26.7 Å². The zero-order valence-corrected chi connectivity index (χ0v) is 12.9. The van der Waals surface area contributed by atoms with E-state index in [9.17, 15) is 4.79 Å². The van der Waals surface area contributed by atoms with Gasteiger partial charge in [-0.1, -0.05) is 6.07 Å². The highest BCUT2D eigenvalue weighted by molar-refractivity contribution is 7.09. The third-order valence-electron chi connectivity index (χ3n) is 2.94. The van der Waals surface area contributed by atoms with Gasteiger partial charge < -0.3 is 20.1 Å². The van der Waals surface area contributed by atoms with Gasteiger partial charge in [0, 0.05) is 6.07 Å². The highest BCUT2D eigenvalue weighted by Gasteiger charge is 2.10. The van der Waals surface area contributed by atoms with Gasteiger partial charge in [-0.3, -0.25) is 4.79 Å². The summed E-state index contributed by atoms with van der Waals surface area (Å²) in [5, 5.41) is 6.85. The van der Waals surface area contributed by atoms with Gasteiger partial charge in [-0.2, -0.15) is 0 Å². The lowest BCUT2D eigenvalue weighted by molar-refractivity contribution is -0.659. The molecule has 3 N–H and O–H groups in total. The second kappa shape index (κ2) is 7.66. The Morgan fingerprint density at radius 3 is 2.81 bits per heavy atom. The molecule has 0 saturated heterocycles. The monoisotopic (exact) mass is 307 g/mol. The van der Waals surface area contributed by atoms with Gasteiger partial charge in [-0.15, -0.1) is 11.3 Å². The Balaban J connectivity index is 1.87. The largest absolute Gasteiger partial charge is 0.497 e. The van der Waals surface area contributed by atoms with Crippen molar-refractivity contribution in [1.29, 1.82) is 0 Å². The number of hydrogen-bond acceptors (Lipinski definition) is 4. The van der Waals surface area contributed by atoms with Crippen molar-refractivity contribution in [3.05, 3.63) is 40.6 Å². The van der Waals surface area contributed by atoms with E-state index in [1.54, 1.807) is 43.8 Å². The molecule has 0 bridgehead atoms. The van der Waals surface area contributed by atoms with Crippen LogP contribution in [-0.2, 0) is 11.3 Å². The first-order valence-corrected chi connectivity index (χ1v) is 7.47. The van der Waals surface area contributed by atoms with Crippen molar-refractivity contribution in [2.45, 2.75) is 6.54 Å². The minimum atomic E-state index is -0.0602. The number of hydrogen-bond donors (Lipinski definition) is 2. The van der Waals surface area contributed by atoms with Crippen molar-refractivity contribution in [1.82, 2.24) is 0 Å². The second-order valence-electron chi connectivity index (χ2n) is 4.39. The SMILES string of the molecule is COc1ccc(NC(=O)C[NH2+]Cc2cccs2)c(OC)c1. The number of methoxy groups -OCH3 is 2. The Labute approximate surface area is 127 Å². The molecule has 2 rings (SSSR count). The standard InChI is InChI=1S/C15H18N2O3S/c1-19-11-5-6-13(14(8-11)20-2)17-15(18)10-16-9-12-4-3-7-21-12/h3-8,16H,9-10H2,1-2H3,(H,17,18)/p+1. The maximum Gasteiger partial charge on any atom is 0.279 e. The molecule has 0 saturated carbocycles. The number of thiophene rings is 1. The summed E-state index contributed by atoms with van der Waals surface area (Å²) in [6.07, 6.45) is 0. The molecule has 112 valence electrons. The first-order valence-electron chi connectivity index (χ1n) is 6.59. The zero-order chi connectivity index (χ0) is 15.1. The number of anilines is 1. The Morgan fingerprint density at radius 2 is 2.14 bits per heavy atom. The topological polar surface area (TPSA) is 64.2 Å². The number of quaternary nitrogens is 1. The van der Waals surface area contributed by atoms with Crippen LogP contribution in [0.2, 0.25) is 0 Å². The molecule has 0 aliphatic heterocycles. The second-order valence-corrected chi connectivity index (χ2v) is 5.42. The van der Waals surface area contributed by atoms with Gasteiger partial charge in [-0.05, 0) is 23.6 Å². The molecule has 6 heteroatoms. The van der Waals surface area contributed by atoms with Crippen LogP contribution in [0.25, 0.3) is 0 Å². The molecule has 0 fully saturated rings. The molecule has 1 aromatic carbocycles. The molecule has 0 radical (unpaired) electrons. The van der Waals surface area contributed by atoms with Gasteiger partial charge >= 0.3 is 0 Å². The summed E-state index contributed by atoms with van der Waals surface area (Å²) < 4.78 is 10.4. The summed E-state index contributed by atoms with van der Waals surface area (Å²) in [5.41, 5.74) is 0.646. The average molecular weight is 307 g/mol. The van der Waals surface area contributed by atoms with E-state index < -0.39 is 0 Å². The number of carbonyl (C=O) groups is 1. The van der Waals surface area contributed by atoms with Gasteiger partial charge in [0.15, 0.2) is 6.54 Å². The van der Waals surface area contributed by atoms with Crippen LogP contribution in [0.1, 0.15) is 4.88 Å². The van der Waals surface area contributed by atoms with Gasteiger partial charge in [-0.25, -0.2) is 0 Å². The lowest BCUT2D eigenvalue weighted by atomic mass is 10.2. The van der Waals surface area contributed by atoms with Crippen LogP contribution >= 0.6 is 11.3 Å². The molecule has 2 aromatic rings. The molecule has 0 atom stereocenters. The van der Waals surface area contributed by atoms with Crippen LogP contribution in [0.3, 0.4) is 0 Å². The molecule has 0 aliphatic carbocycles. The van der Waals surface area contributed by atoms with Crippen molar-refractivity contribution in [3.63, 3.8) is 0 Å². The summed E-state index contributed by atoms with van der Waals surface area (Å²) in [4.78, 5) is 13.2. The van der Waals surface area contributed by atoms with Gasteiger partial charge in [0.25, 0.3) is 5.91 Å². The minimum absolute atomic E-state index is 0.0602. The van der Waals surface area contributed by atoms with E-state index in [2.05, 4.69) is 11.4 Å². The van der Waals surface area contributed by atoms with E-state index in [1.165, 1.54) is 4.88 Å². The van der Waals surface area contributed by atoms with E-state index in [0.29, 0.717) is 23.7 Å². The number of nitrogens with two attached hydrogens (primary N) is 1. The van der Waals surface area contributed by atoms with E-state index in [1.807, 2.05) is 16.8 Å². The zero-order valence-electron chi connectivity index (χ0n) is 12.1. The number of carbonyl (C=O) groups excluding carboxylic acids is 1. The first kappa shape index (κ1) is 15.3. The fourth-order valence-electron chi connectivity index (χ4n) is 1.88. The number of benzene rings is 1. The van der Waals surface area contributed by atoms with E-state index >= 15 is 0 Å². The van der Waals surface area contributed by atoms with Crippen molar-refractivity contribution in [3.8, 4) is 11.5 Å². The maximum atomic E-state index is 11.9. The molecular formula is C15H19N2O3S+. The Bertz CT molecular complexity index is 585. The summed E-state index contributed by atoms with van der Waals surface area (Å²) >= 11 is 1.69. The van der Waals surface area contributed by atoms with E-state index in [-0.39, 0.29) is 5.91 Å². The minimum Gasteiger partial charge on any atom is -0.497 e. The quantitative estimate of drug-likeness (QED) is 0.814. The molecule has 1 heterocycles. The van der Waals surface area contributed by atoms with Gasteiger partial charge in [0.2, 0.25) is 0 Å². The fourth-order valence-corrected chi connectivity index (χ4v) is 2.58. The van der Waals surface area contributed by atoms with Crippen molar-refractivity contribution in [2.24, 2.45) is 0 Å². The van der Waals surface area contributed by atoms with Crippen LogP contribution in [0, 0.1) is 0 Å². The van der Waals surface area contributed by atoms with Crippen molar-refractivity contribution < 1.29 is 19.6 Å². The fraction of sp³-hybridized carbons (Fsp3) is 0.267. The lowest BCUT2D eigenvalue weighted by Crippen LogP contribution is -2.84. The molecular weight excluding hydrogens is 288 g/mol. The summed E-state index contributed by atoms with van der Waals surface area (Å²) in [6, 6.07) is 9.37. The molecule has 21 heavy (non-hydrogen) atoms. The third-order valence-corrected chi connectivity index (χ3v) is 3.84. The third kappa shape index (κ3) is 4.47. The molecule has 0 spiro atoms. The van der Waals surface area contributed by atoms with Gasteiger partial charge in [0.05, 0.1) is 24.8 Å². The predicted octanol–water partition coefficient (Wildman–Crippen LogP) is 1.47. The lowest BCUT2D eigenvalue weighted by Gasteiger charge is -2.11. The normalized spacial score (nSPS) is 10.2. The van der Waals surface area contributed by atoms with Crippen LogP contribution in [0.4, 0.5) is 5.69 Å². The summed E-state index contributed by atoms with van der Waals surface area (Å²) in [6.45, 7) is 1.18. The summed E-state index contributed by atoms with van der Waals surface area (Å²) in [7, 11) is 3.15. The maximum absolute atomic E-state index is 11.9. The molecule has 5 nitrogen and oxygen atoms in total. The highest BCUT2D eigenvalue weighted by atomic mass is 32.1. The van der Waals surface area contributed by atoms with Crippen LogP contribution in [0.5, 0.6) is 11.5 Å². The van der Waals surface area contributed by atoms with E-state index in [0.717, 1.165) is 6.54 Å². The average Bonchev–Trinajstić information content (AvgIpc) is 3.01. The first-order chi connectivity index (χ1) is 10.2. The Kier molecular flexibility index (Phi) is 5.59. The number of amides is 1. The molecule has 0 unspecified atom stereocenters. The van der Waals surface area contributed by atoms with E-state index in [4.69, 9.17) is 9.47 Å². The molecule has 1 aromatic heterocycles. The smallest absolute Gasteiger partial charge is 0.279 e. The Hall–Kier alpha value is -2.05. The number of rotatable bonds is 7. The number of ether oxygens (including phenoxy) is 2. The predicted molar refractivity (Wildman–Crippen MR) is 83.0 cm³/mol. The van der Waals surface area contributed by atoms with Crippen molar-refractivity contribution in [2.75, 3.05) is 26.1 Å². The number of nitrogens with one attached hydrogen (secondary N) is 1. The highest BCUT2D eigenvalue weighted by Crippen LogP contribution is 2.28. The van der Waals surface area contributed by atoms with Gasteiger partial charge in [0.1, 0.15) is 18.0 Å². The van der Waals surface area contributed by atoms with Crippen LogP contribution in [0.15, 0.2) is 35.7 Å². The molecule has 1 amide bonds. The molecule has 0 aliphatic rings.